The first-order valence-corrected chi connectivity index (χ1v) is 9.57. The van der Waals surface area contributed by atoms with E-state index in [0.717, 1.165) is 23.1 Å². The number of ether oxygens (including phenoxy) is 1. The largest absolute Gasteiger partial charge is 0.455 e. The number of nitrogens with one attached hydrogen (secondary N) is 1. The van der Waals surface area contributed by atoms with Crippen molar-refractivity contribution in [3.63, 3.8) is 0 Å². The Balaban J connectivity index is 1.46. The van der Waals surface area contributed by atoms with E-state index in [0.29, 0.717) is 5.03 Å². The molecule has 0 aliphatic heterocycles. The van der Waals surface area contributed by atoms with E-state index in [1.807, 2.05) is 11.4 Å². The van der Waals surface area contributed by atoms with Crippen molar-refractivity contribution >= 4 is 45.2 Å². The number of nitriles is 1. The van der Waals surface area contributed by atoms with E-state index < -0.39 is 17.4 Å². The van der Waals surface area contributed by atoms with Gasteiger partial charge in [-0.1, -0.05) is 11.8 Å². The van der Waals surface area contributed by atoms with Crippen molar-refractivity contribution in [2.75, 3.05) is 12.4 Å². The highest BCUT2D eigenvalue weighted by Gasteiger charge is 2.43. The van der Waals surface area contributed by atoms with Gasteiger partial charge in [0.2, 0.25) is 0 Å². The number of thioether (sulfide) groups is 1. The lowest BCUT2D eigenvalue weighted by Crippen LogP contribution is -2.48. The third-order valence-electron chi connectivity index (χ3n) is 3.94. The SMILES string of the molecule is C[C@@](C#N)(NC(=O)COC(=O)CSc1ncnc2sccc12)C1CC1. The first-order chi connectivity index (χ1) is 12.0. The zero-order valence-electron chi connectivity index (χ0n) is 13.5. The molecule has 1 aliphatic carbocycles. The van der Waals surface area contributed by atoms with Crippen molar-refractivity contribution in [2.24, 2.45) is 5.92 Å². The van der Waals surface area contributed by atoms with Crippen LogP contribution in [-0.2, 0) is 14.3 Å². The van der Waals surface area contributed by atoms with Gasteiger partial charge in [0.05, 0.1) is 11.8 Å². The number of carbonyl (C=O) groups is 2. The number of hydrogen-bond donors (Lipinski definition) is 1. The molecule has 1 fully saturated rings. The van der Waals surface area contributed by atoms with Gasteiger partial charge in [-0.05, 0) is 37.1 Å². The third kappa shape index (κ3) is 4.27. The van der Waals surface area contributed by atoms with Crippen LogP contribution in [0.25, 0.3) is 10.2 Å². The molecule has 7 nitrogen and oxygen atoms in total. The first-order valence-electron chi connectivity index (χ1n) is 7.71. The van der Waals surface area contributed by atoms with Crippen molar-refractivity contribution in [1.29, 1.82) is 5.26 Å². The summed E-state index contributed by atoms with van der Waals surface area (Å²) in [6, 6.07) is 4.03. The number of fused-ring (bicyclic) bond motifs is 1. The Morgan fingerprint density at radius 2 is 2.32 bits per heavy atom. The van der Waals surface area contributed by atoms with Gasteiger partial charge in [-0.2, -0.15) is 5.26 Å². The minimum atomic E-state index is -0.885. The normalized spacial score (nSPS) is 16.0. The molecule has 1 aliphatic rings. The summed E-state index contributed by atoms with van der Waals surface area (Å²) < 4.78 is 4.99. The molecule has 1 atom stereocenters. The van der Waals surface area contributed by atoms with Gasteiger partial charge >= 0.3 is 5.97 Å². The van der Waals surface area contributed by atoms with Gasteiger partial charge in [-0.3, -0.25) is 9.59 Å². The summed E-state index contributed by atoms with van der Waals surface area (Å²) >= 11 is 2.75. The Hall–Kier alpha value is -2.18. The molecule has 0 aromatic carbocycles. The molecule has 9 heteroatoms. The van der Waals surface area contributed by atoms with Gasteiger partial charge in [0, 0.05) is 5.39 Å². The van der Waals surface area contributed by atoms with Gasteiger partial charge in [0.15, 0.2) is 6.61 Å². The number of nitrogens with zero attached hydrogens (tertiary/aromatic N) is 3. The van der Waals surface area contributed by atoms with Crippen LogP contribution in [0.15, 0.2) is 22.8 Å². The minimum Gasteiger partial charge on any atom is -0.455 e. The van der Waals surface area contributed by atoms with Crippen LogP contribution >= 0.6 is 23.1 Å². The molecular weight excluding hydrogens is 360 g/mol. The average Bonchev–Trinajstić information content (AvgIpc) is 3.36. The summed E-state index contributed by atoms with van der Waals surface area (Å²) in [6.45, 7) is 1.31. The standard InChI is InChI=1S/C16H16N4O3S2/c1-16(8-17,10-2-3-10)20-12(21)6-23-13(22)7-25-15-11-4-5-24-14(11)18-9-19-15/h4-5,9-10H,2-3,6-7H2,1H3,(H,20,21)/t16-/m0/s1. The van der Waals surface area contributed by atoms with Gasteiger partial charge in [-0.25, -0.2) is 9.97 Å². The molecule has 0 spiro atoms. The van der Waals surface area contributed by atoms with Crippen molar-refractivity contribution in [3.8, 4) is 6.07 Å². The van der Waals surface area contributed by atoms with E-state index in [-0.39, 0.29) is 18.3 Å². The van der Waals surface area contributed by atoms with E-state index in [1.165, 1.54) is 29.4 Å². The van der Waals surface area contributed by atoms with E-state index in [1.54, 1.807) is 6.92 Å². The fourth-order valence-corrected chi connectivity index (χ4v) is 3.98. The second-order valence-corrected chi connectivity index (χ2v) is 7.76. The van der Waals surface area contributed by atoms with E-state index in [2.05, 4.69) is 21.4 Å². The molecule has 1 amide bonds. The Morgan fingerprint density at radius 3 is 3.04 bits per heavy atom. The molecule has 25 heavy (non-hydrogen) atoms. The monoisotopic (exact) mass is 376 g/mol. The maximum atomic E-state index is 11.9. The fourth-order valence-electron chi connectivity index (χ4n) is 2.41. The Morgan fingerprint density at radius 1 is 1.52 bits per heavy atom. The molecule has 0 saturated heterocycles. The summed E-state index contributed by atoms with van der Waals surface area (Å²) in [5.74, 6) is -0.741. The number of amides is 1. The minimum absolute atomic E-state index is 0.0490. The molecule has 3 rings (SSSR count). The number of thiophene rings is 1. The highest BCUT2D eigenvalue weighted by atomic mass is 32.2. The maximum absolute atomic E-state index is 11.9. The second-order valence-electron chi connectivity index (χ2n) is 5.90. The topological polar surface area (TPSA) is 105 Å². The van der Waals surface area contributed by atoms with Gasteiger partial charge < -0.3 is 10.1 Å². The van der Waals surface area contributed by atoms with Crippen LogP contribution in [0, 0.1) is 17.2 Å². The highest BCUT2D eigenvalue weighted by molar-refractivity contribution is 8.00. The van der Waals surface area contributed by atoms with Gasteiger partial charge in [0.25, 0.3) is 5.91 Å². The molecule has 0 unspecified atom stereocenters. The van der Waals surface area contributed by atoms with Crippen molar-refractivity contribution < 1.29 is 14.3 Å². The van der Waals surface area contributed by atoms with Crippen molar-refractivity contribution in [2.45, 2.75) is 30.3 Å². The van der Waals surface area contributed by atoms with Crippen LogP contribution < -0.4 is 5.32 Å². The fraction of sp³-hybridized carbons (Fsp3) is 0.438. The summed E-state index contributed by atoms with van der Waals surface area (Å²) in [5.41, 5.74) is -0.885. The highest BCUT2D eigenvalue weighted by Crippen LogP contribution is 2.39. The van der Waals surface area contributed by atoms with Gasteiger partial charge in [-0.15, -0.1) is 11.3 Å². The van der Waals surface area contributed by atoms with Gasteiger partial charge in [0.1, 0.15) is 21.7 Å². The molecule has 2 aromatic heterocycles. The Labute approximate surface area is 152 Å². The van der Waals surface area contributed by atoms with E-state index in [4.69, 9.17) is 4.74 Å². The van der Waals surface area contributed by atoms with Crippen LogP contribution in [0.4, 0.5) is 0 Å². The van der Waals surface area contributed by atoms with E-state index in [9.17, 15) is 14.9 Å². The third-order valence-corrected chi connectivity index (χ3v) is 5.74. The lowest BCUT2D eigenvalue weighted by atomic mass is 9.98. The summed E-state index contributed by atoms with van der Waals surface area (Å²) in [4.78, 5) is 32.9. The lowest BCUT2D eigenvalue weighted by molar-refractivity contribution is -0.146. The smallest absolute Gasteiger partial charge is 0.316 e. The van der Waals surface area contributed by atoms with Crippen LogP contribution in [0.3, 0.4) is 0 Å². The molecular formula is C16H16N4O3S2. The zero-order valence-corrected chi connectivity index (χ0v) is 15.2. The number of esters is 1. The quantitative estimate of drug-likeness (QED) is 0.448. The molecule has 0 bridgehead atoms. The van der Waals surface area contributed by atoms with Crippen LogP contribution in [0.1, 0.15) is 19.8 Å². The molecule has 2 aromatic rings. The predicted octanol–water partition coefficient (Wildman–Crippen LogP) is 2.14. The second kappa shape index (κ2) is 7.37. The van der Waals surface area contributed by atoms with E-state index >= 15 is 0 Å². The molecule has 1 saturated carbocycles. The maximum Gasteiger partial charge on any atom is 0.316 e. The van der Waals surface area contributed by atoms with Crippen molar-refractivity contribution in [1.82, 2.24) is 15.3 Å². The Kier molecular flexibility index (Phi) is 5.20. The summed E-state index contributed by atoms with van der Waals surface area (Å²) in [5, 5.41) is 15.4. The summed E-state index contributed by atoms with van der Waals surface area (Å²) in [6.07, 6.45) is 3.31. The van der Waals surface area contributed by atoms with Crippen LogP contribution in [0.2, 0.25) is 0 Å². The number of aromatic nitrogens is 2. The number of hydrogen-bond acceptors (Lipinski definition) is 8. The molecule has 130 valence electrons. The van der Waals surface area contributed by atoms with Crippen LogP contribution in [-0.4, -0.2) is 39.7 Å². The first kappa shape index (κ1) is 17.6. The number of carbonyl (C=O) groups excluding carboxylic acids is 2. The molecule has 0 radical (unpaired) electrons. The number of rotatable bonds is 7. The Bertz CT molecular complexity index is 843. The summed E-state index contributed by atoms with van der Waals surface area (Å²) in [7, 11) is 0. The predicted molar refractivity (Wildman–Crippen MR) is 94.0 cm³/mol. The average molecular weight is 376 g/mol. The lowest BCUT2D eigenvalue weighted by Gasteiger charge is -2.22. The zero-order chi connectivity index (χ0) is 17.9. The van der Waals surface area contributed by atoms with Crippen LogP contribution in [0.5, 0.6) is 0 Å². The van der Waals surface area contributed by atoms with Crippen molar-refractivity contribution in [3.05, 3.63) is 17.8 Å². The molecule has 1 N–H and O–H groups in total. The molecule has 2 heterocycles.